The Balaban J connectivity index is 1.65. The molecule has 0 spiro atoms. The molecule has 0 aliphatic rings. The number of rotatable bonds is 6. The van der Waals surface area contributed by atoms with Gasteiger partial charge in [-0.1, -0.05) is 36.4 Å². The van der Waals surface area contributed by atoms with Crippen LogP contribution in [0.1, 0.15) is 16.7 Å². The van der Waals surface area contributed by atoms with Crippen molar-refractivity contribution in [3.05, 3.63) is 99.9 Å². The van der Waals surface area contributed by atoms with Crippen LogP contribution in [0.4, 0.5) is 11.5 Å². The number of nitro groups is 1. The molecule has 4 aromatic rings. The molecule has 2 aromatic carbocycles. The van der Waals surface area contributed by atoms with Crippen LogP contribution in [0.2, 0.25) is 0 Å². The van der Waals surface area contributed by atoms with Crippen LogP contribution in [0.3, 0.4) is 0 Å². The minimum absolute atomic E-state index is 0.0745. The summed E-state index contributed by atoms with van der Waals surface area (Å²) in [6.07, 6.45) is 5.01. The average molecular weight is 396 g/mol. The molecule has 0 saturated heterocycles. The van der Waals surface area contributed by atoms with Crippen molar-refractivity contribution in [2.45, 2.75) is 6.54 Å². The minimum atomic E-state index is -0.511. The molecule has 0 aliphatic heterocycles. The van der Waals surface area contributed by atoms with E-state index in [0.717, 1.165) is 22.0 Å². The first kappa shape index (κ1) is 18.8. The molecule has 8 heteroatoms. The summed E-state index contributed by atoms with van der Waals surface area (Å²) in [6.45, 7) is 0.539. The molecule has 2 aromatic heterocycles. The lowest BCUT2D eigenvalue weighted by Crippen LogP contribution is -2.00. The van der Waals surface area contributed by atoms with Crippen molar-refractivity contribution in [1.29, 1.82) is 5.26 Å². The Labute approximate surface area is 171 Å². The maximum atomic E-state index is 11.1. The number of anilines is 1. The maximum absolute atomic E-state index is 11.1. The van der Waals surface area contributed by atoms with Gasteiger partial charge >= 0.3 is 5.69 Å². The highest BCUT2D eigenvalue weighted by Crippen LogP contribution is 2.23. The first-order chi connectivity index (χ1) is 14.7. The molecule has 4 rings (SSSR count). The van der Waals surface area contributed by atoms with E-state index in [1.165, 1.54) is 18.3 Å². The van der Waals surface area contributed by atoms with Crippen molar-refractivity contribution in [2.75, 3.05) is 5.43 Å². The quantitative estimate of drug-likeness (QED) is 0.297. The SMILES string of the molecule is N#Cc1ccccc1Cn1cc(/C=N\Nc2ncccc2[N+](=O)[O-])c2ccccc21. The van der Waals surface area contributed by atoms with Gasteiger partial charge in [0.15, 0.2) is 0 Å². The van der Waals surface area contributed by atoms with E-state index in [1.807, 2.05) is 48.7 Å². The summed E-state index contributed by atoms with van der Waals surface area (Å²) >= 11 is 0. The van der Waals surface area contributed by atoms with Crippen LogP contribution in [-0.2, 0) is 6.54 Å². The number of fused-ring (bicyclic) bond motifs is 1. The minimum Gasteiger partial charge on any atom is -0.342 e. The zero-order chi connectivity index (χ0) is 20.9. The van der Waals surface area contributed by atoms with Crippen LogP contribution in [0.25, 0.3) is 10.9 Å². The van der Waals surface area contributed by atoms with Crippen molar-refractivity contribution in [1.82, 2.24) is 9.55 Å². The Kier molecular flexibility index (Phi) is 5.17. The summed E-state index contributed by atoms with van der Waals surface area (Å²) in [4.78, 5) is 14.6. The van der Waals surface area contributed by atoms with E-state index in [4.69, 9.17) is 0 Å². The highest BCUT2D eigenvalue weighted by atomic mass is 16.6. The van der Waals surface area contributed by atoms with Gasteiger partial charge < -0.3 is 4.57 Å². The number of hydrogen-bond donors (Lipinski definition) is 1. The van der Waals surface area contributed by atoms with E-state index in [0.29, 0.717) is 12.1 Å². The van der Waals surface area contributed by atoms with Crippen LogP contribution in [0.15, 0.2) is 78.2 Å². The molecule has 1 N–H and O–H groups in total. The highest BCUT2D eigenvalue weighted by molar-refractivity contribution is 5.99. The van der Waals surface area contributed by atoms with E-state index in [-0.39, 0.29) is 11.5 Å². The fourth-order valence-corrected chi connectivity index (χ4v) is 3.25. The van der Waals surface area contributed by atoms with Crippen molar-refractivity contribution < 1.29 is 4.92 Å². The standard InChI is InChI=1S/C22H16N6O2/c23-12-16-6-1-2-7-17(16)14-27-15-18(19-8-3-4-9-20(19)27)13-25-26-22-21(28(29)30)10-5-11-24-22/h1-11,13,15H,14H2,(H,24,26)/b25-13-. The summed E-state index contributed by atoms with van der Waals surface area (Å²) in [5.74, 6) is 0.0745. The third kappa shape index (κ3) is 3.72. The van der Waals surface area contributed by atoms with Gasteiger partial charge in [-0.25, -0.2) is 4.98 Å². The summed E-state index contributed by atoms with van der Waals surface area (Å²) in [5.41, 5.74) is 5.89. The Bertz CT molecular complexity index is 1300. The lowest BCUT2D eigenvalue weighted by molar-refractivity contribution is -0.384. The molecule has 0 atom stereocenters. The van der Waals surface area contributed by atoms with E-state index in [9.17, 15) is 15.4 Å². The number of hydrogen-bond acceptors (Lipinski definition) is 6. The topological polar surface area (TPSA) is 109 Å². The second-order valence-electron chi connectivity index (χ2n) is 6.50. The third-order valence-electron chi connectivity index (χ3n) is 4.66. The summed E-state index contributed by atoms with van der Waals surface area (Å²) < 4.78 is 2.05. The van der Waals surface area contributed by atoms with Crippen LogP contribution in [-0.4, -0.2) is 20.7 Å². The van der Waals surface area contributed by atoms with Gasteiger partial charge in [-0.3, -0.25) is 15.5 Å². The van der Waals surface area contributed by atoms with Gasteiger partial charge in [0.05, 0.1) is 22.8 Å². The molecule has 0 amide bonds. The molecule has 2 heterocycles. The van der Waals surface area contributed by atoms with Crippen LogP contribution >= 0.6 is 0 Å². The third-order valence-corrected chi connectivity index (χ3v) is 4.66. The number of nitrogens with zero attached hydrogens (tertiary/aromatic N) is 5. The summed E-state index contributed by atoms with van der Waals surface area (Å²) in [7, 11) is 0. The Hall–Kier alpha value is -4.51. The van der Waals surface area contributed by atoms with Gasteiger partial charge in [0.1, 0.15) is 0 Å². The van der Waals surface area contributed by atoms with Crippen molar-refractivity contribution >= 4 is 28.6 Å². The maximum Gasteiger partial charge on any atom is 0.313 e. The van der Waals surface area contributed by atoms with Gasteiger partial charge in [0.2, 0.25) is 5.82 Å². The van der Waals surface area contributed by atoms with Gasteiger partial charge in [0.25, 0.3) is 0 Å². The number of nitriles is 1. The predicted octanol–water partition coefficient (Wildman–Crippen LogP) is 4.31. The smallest absolute Gasteiger partial charge is 0.313 e. The Morgan fingerprint density at radius 3 is 2.80 bits per heavy atom. The normalized spacial score (nSPS) is 10.9. The Morgan fingerprint density at radius 1 is 1.17 bits per heavy atom. The van der Waals surface area contributed by atoms with Gasteiger partial charge in [-0.2, -0.15) is 10.4 Å². The number of para-hydroxylation sites is 1. The molecular weight excluding hydrogens is 380 g/mol. The predicted molar refractivity (Wildman–Crippen MR) is 114 cm³/mol. The second-order valence-corrected chi connectivity index (χ2v) is 6.50. The first-order valence-electron chi connectivity index (χ1n) is 9.11. The number of nitrogens with one attached hydrogen (secondary N) is 1. The summed E-state index contributed by atoms with van der Waals surface area (Å²) in [5, 5.41) is 25.6. The molecule has 0 bridgehead atoms. The fraction of sp³-hybridized carbons (Fsp3) is 0.0455. The molecule has 30 heavy (non-hydrogen) atoms. The van der Waals surface area contributed by atoms with E-state index in [2.05, 4.69) is 26.1 Å². The molecule has 0 aliphatic carbocycles. The van der Waals surface area contributed by atoms with Crippen molar-refractivity contribution in [3.8, 4) is 6.07 Å². The zero-order valence-corrected chi connectivity index (χ0v) is 15.8. The number of benzene rings is 2. The number of pyridine rings is 1. The van der Waals surface area contributed by atoms with Gasteiger partial charge in [-0.15, -0.1) is 0 Å². The van der Waals surface area contributed by atoms with Crippen molar-refractivity contribution in [3.63, 3.8) is 0 Å². The van der Waals surface area contributed by atoms with Crippen LogP contribution in [0, 0.1) is 21.4 Å². The highest BCUT2D eigenvalue weighted by Gasteiger charge is 2.13. The fourth-order valence-electron chi connectivity index (χ4n) is 3.25. The van der Waals surface area contributed by atoms with E-state index >= 15 is 0 Å². The lowest BCUT2D eigenvalue weighted by atomic mass is 10.1. The van der Waals surface area contributed by atoms with E-state index < -0.39 is 4.92 Å². The second kappa shape index (κ2) is 8.24. The lowest BCUT2D eigenvalue weighted by Gasteiger charge is -2.07. The Morgan fingerprint density at radius 2 is 1.97 bits per heavy atom. The zero-order valence-electron chi connectivity index (χ0n) is 15.8. The monoisotopic (exact) mass is 396 g/mol. The van der Waals surface area contributed by atoms with Gasteiger partial charge in [0, 0.05) is 41.5 Å². The number of hydrazone groups is 1. The number of aromatic nitrogens is 2. The van der Waals surface area contributed by atoms with E-state index in [1.54, 1.807) is 12.3 Å². The van der Waals surface area contributed by atoms with Crippen LogP contribution < -0.4 is 5.43 Å². The largest absolute Gasteiger partial charge is 0.342 e. The molecule has 0 saturated carbocycles. The molecule has 0 unspecified atom stereocenters. The molecule has 0 fully saturated rings. The molecule has 0 radical (unpaired) electrons. The van der Waals surface area contributed by atoms with Crippen LogP contribution in [0.5, 0.6) is 0 Å². The first-order valence-corrected chi connectivity index (χ1v) is 9.11. The van der Waals surface area contributed by atoms with Gasteiger partial charge in [-0.05, 0) is 23.8 Å². The molecule has 146 valence electrons. The molecule has 8 nitrogen and oxygen atoms in total. The molecular formula is C22H16N6O2. The van der Waals surface area contributed by atoms with Crippen molar-refractivity contribution in [2.24, 2.45) is 5.10 Å². The average Bonchev–Trinajstić information content (AvgIpc) is 3.12. The summed E-state index contributed by atoms with van der Waals surface area (Å²) in [6, 6.07) is 20.4.